The molecule has 1 amide bonds. The van der Waals surface area contributed by atoms with Crippen LogP contribution in [0.4, 0.5) is 0 Å². The van der Waals surface area contributed by atoms with Gasteiger partial charge in [-0.25, -0.2) is 4.98 Å². The standard InChI is InChI=1S/C17H19N3OS/c1-2-8-19(12-14-6-4-3-5-7-14)16(21)11-15-13-20-9-10-22-17(20)18-15/h3-7,9-10,13H,2,8,11-12H2,1H3. The summed E-state index contributed by atoms with van der Waals surface area (Å²) in [7, 11) is 0. The van der Waals surface area contributed by atoms with Crippen LogP contribution >= 0.6 is 11.3 Å². The maximum Gasteiger partial charge on any atom is 0.228 e. The third kappa shape index (κ3) is 3.36. The molecule has 0 N–H and O–H groups in total. The summed E-state index contributed by atoms with van der Waals surface area (Å²) in [5.74, 6) is 0.136. The second-order valence-electron chi connectivity index (χ2n) is 5.30. The van der Waals surface area contributed by atoms with Crippen molar-refractivity contribution in [2.75, 3.05) is 6.54 Å². The van der Waals surface area contributed by atoms with Crippen LogP contribution in [0.25, 0.3) is 4.96 Å². The summed E-state index contributed by atoms with van der Waals surface area (Å²) < 4.78 is 1.97. The van der Waals surface area contributed by atoms with E-state index in [-0.39, 0.29) is 5.91 Å². The van der Waals surface area contributed by atoms with Crippen molar-refractivity contribution in [2.24, 2.45) is 0 Å². The Hall–Kier alpha value is -2.14. The molecule has 2 heterocycles. The van der Waals surface area contributed by atoms with Crippen molar-refractivity contribution in [1.82, 2.24) is 14.3 Å². The van der Waals surface area contributed by atoms with Crippen LogP contribution in [0.1, 0.15) is 24.6 Å². The minimum absolute atomic E-state index is 0.136. The van der Waals surface area contributed by atoms with Gasteiger partial charge in [0.15, 0.2) is 4.96 Å². The fraction of sp³-hybridized carbons (Fsp3) is 0.294. The second-order valence-corrected chi connectivity index (χ2v) is 6.18. The quantitative estimate of drug-likeness (QED) is 0.699. The molecule has 4 nitrogen and oxygen atoms in total. The van der Waals surface area contributed by atoms with Gasteiger partial charge in [-0.1, -0.05) is 37.3 Å². The summed E-state index contributed by atoms with van der Waals surface area (Å²) in [5, 5.41) is 1.99. The van der Waals surface area contributed by atoms with Crippen molar-refractivity contribution in [3.63, 3.8) is 0 Å². The van der Waals surface area contributed by atoms with Crippen molar-refractivity contribution < 1.29 is 4.79 Å². The molecule has 0 unspecified atom stereocenters. The van der Waals surface area contributed by atoms with Gasteiger partial charge in [-0.3, -0.25) is 9.20 Å². The number of fused-ring (bicyclic) bond motifs is 1. The molecule has 0 saturated heterocycles. The second kappa shape index (κ2) is 6.75. The van der Waals surface area contributed by atoms with E-state index in [0.29, 0.717) is 13.0 Å². The monoisotopic (exact) mass is 313 g/mol. The summed E-state index contributed by atoms with van der Waals surface area (Å²) in [6.45, 7) is 3.53. The molecule has 0 aliphatic heterocycles. The SMILES string of the molecule is CCCN(Cc1ccccc1)C(=O)Cc1cn2ccsc2n1. The molecule has 5 heteroatoms. The molecular formula is C17H19N3OS. The number of benzene rings is 1. The van der Waals surface area contributed by atoms with Crippen LogP contribution in [0.3, 0.4) is 0 Å². The van der Waals surface area contributed by atoms with Crippen LogP contribution in [0, 0.1) is 0 Å². The van der Waals surface area contributed by atoms with Crippen LogP contribution in [0.5, 0.6) is 0 Å². The van der Waals surface area contributed by atoms with E-state index >= 15 is 0 Å². The highest BCUT2D eigenvalue weighted by atomic mass is 32.1. The maximum absolute atomic E-state index is 12.6. The average molecular weight is 313 g/mol. The molecule has 0 aliphatic rings. The zero-order valence-corrected chi connectivity index (χ0v) is 13.4. The Kier molecular flexibility index (Phi) is 4.53. The van der Waals surface area contributed by atoms with Crippen molar-refractivity contribution in [3.05, 3.63) is 59.4 Å². The first-order valence-electron chi connectivity index (χ1n) is 7.49. The topological polar surface area (TPSA) is 37.6 Å². The molecule has 0 spiro atoms. The fourth-order valence-electron chi connectivity index (χ4n) is 2.49. The van der Waals surface area contributed by atoms with Gasteiger partial charge >= 0.3 is 0 Å². The van der Waals surface area contributed by atoms with Gasteiger partial charge in [0.05, 0.1) is 12.1 Å². The lowest BCUT2D eigenvalue weighted by molar-refractivity contribution is -0.131. The highest BCUT2D eigenvalue weighted by molar-refractivity contribution is 7.15. The van der Waals surface area contributed by atoms with E-state index < -0.39 is 0 Å². The van der Waals surface area contributed by atoms with Crippen LogP contribution in [0.15, 0.2) is 48.1 Å². The molecule has 1 aromatic carbocycles. The molecule has 0 saturated carbocycles. The normalized spacial score (nSPS) is 11.0. The highest BCUT2D eigenvalue weighted by Crippen LogP contribution is 2.13. The molecule has 2 aromatic heterocycles. The van der Waals surface area contributed by atoms with E-state index in [1.807, 2.05) is 45.3 Å². The van der Waals surface area contributed by atoms with Gasteiger partial charge in [-0.15, -0.1) is 11.3 Å². The number of thiazole rings is 1. The highest BCUT2D eigenvalue weighted by Gasteiger charge is 2.15. The summed E-state index contributed by atoms with van der Waals surface area (Å²) >= 11 is 1.58. The first-order valence-corrected chi connectivity index (χ1v) is 8.37. The Labute approximate surface area is 134 Å². The zero-order chi connectivity index (χ0) is 15.4. The third-order valence-electron chi connectivity index (χ3n) is 3.54. The van der Waals surface area contributed by atoms with Gasteiger partial charge in [-0.2, -0.15) is 0 Å². The molecule has 0 radical (unpaired) electrons. The molecule has 114 valence electrons. The van der Waals surface area contributed by atoms with E-state index in [2.05, 4.69) is 24.0 Å². The van der Waals surface area contributed by atoms with Crippen LogP contribution < -0.4 is 0 Å². The van der Waals surface area contributed by atoms with E-state index in [1.165, 1.54) is 0 Å². The summed E-state index contributed by atoms with van der Waals surface area (Å²) in [5.41, 5.74) is 2.00. The van der Waals surface area contributed by atoms with Crippen LogP contribution in [-0.2, 0) is 17.8 Å². The first-order chi connectivity index (χ1) is 10.8. The van der Waals surface area contributed by atoms with Crippen molar-refractivity contribution in [1.29, 1.82) is 0 Å². The van der Waals surface area contributed by atoms with E-state index in [0.717, 1.165) is 29.2 Å². The molecular weight excluding hydrogens is 294 g/mol. The maximum atomic E-state index is 12.6. The number of carbonyl (C=O) groups excluding carboxylic acids is 1. The van der Waals surface area contributed by atoms with E-state index in [4.69, 9.17) is 0 Å². The van der Waals surface area contributed by atoms with Gasteiger partial charge in [-0.05, 0) is 12.0 Å². The summed E-state index contributed by atoms with van der Waals surface area (Å²) in [4.78, 5) is 19.9. The van der Waals surface area contributed by atoms with E-state index in [9.17, 15) is 4.79 Å². The Morgan fingerprint density at radius 2 is 2.14 bits per heavy atom. The Bertz CT molecular complexity index is 719. The number of carbonyl (C=O) groups is 1. The Morgan fingerprint density at radius 3 is 2.86 bits per heavy atom. The lowest BCUT2D eigenvalue weighted by Gasteiger charge is -2.22. The number of hydrogen-bond acceptors (Lipinski definition) is 3. The molecule has 0 atom stereocenters. The molecule has 3 aromatic rings. The minimum Gasteiger partial charge on any atom is -0.338 e. The van der Waals surface area contributed by atoms with Gasteiger partial charge in [0.1, 0.15) is 0 Å². The predicted octanol–water partition coefficient (Wildman–Crippen LogP) is 3.38. The van der Waals surface area contributed by atoms with Gasteiger partial charge in [0, 0.05) is 30.9 Å². The molecule has 0 aliphatic carbocycles. The van der Waals surface area contributed by atoms with Crippen LogP contribution in [-0.4, -0.2) is 26.7 Å². The fourth-order valence-corrected chi connectivity index (χ4v) is 3.21. The number of amides is 1. The van der Waals surface area contributed by atoms with Gasteiger partial charge < -0.3 is 4.90 Å². The first kappa shape index (κ1) is 14.8. The number of imidazole rings is 1. The number of hydrogen-bond donors (Lipinski definition) is 0. The Morgan fingerprint density at radius 1 is 1.32 bits per heavy atom. The third-order valence-corrected chi connectivity index (χ3v) is 4.31. The molecule has 3 rings (SSSR count). The summed E-state index contributed by atoms with van der Waals surface area (Å²) in [6.07, 6.45) is 5.23. The number of aromatic nitrogens is 2. The van der Waals surface area contributed by atoms with Crippen LogP contribution in [0.2, 0.25) is 0 Å². The predicted molar refractivity (Wildman–Crippen MR) is 88.9 cm³/mol. The van der Waals surface area contributed by atoms with Crippen molar-refractivity contribution in [3.8, 4) is 0 Å². The van der Waals surface area contributed by atoms with Crippen molar-refractivity contribution in [2.45, 2.75) is 26.3 Å². The largest absolute Gasteiger partial charge is 0.338 e. The minimum atomic E-state index is 0.136. The lowest BCUT2D eigenvalue weighted by atomic mass is 10.2. The smallest absolute Gasteiger partial charge is 0.228 e. The molecule has 0 bridgehead atoms. The average Bonchev–Trinajstić information content (AvgIpc) is 3.09. The lowest BCUT2D eigenvalue weighted by Crippen LogP contribution is -2.32. The molecule has 22 heavy (non-hydrogen) atoms. The van der Waals surface area contributed by atoms with Gasteiger partial charge in [0.2, 0.25) is 5.91 Å². The van der Waals surface area contributed by atoms with E-state index in [1.54, 1.807) is 11.3 Å². The van der Waals surface area contributed by atoms with Gasteiger partial charge in [0.25, 0.3) is 0 Å². The summed E-state index contributed by atoms with van der Waals surface area (Å²) in [6, 6.07) is 10.1. The van der Waals surface area contributed by atoms with Crippen molar-refractivity contribution >= 4 is 22.2 Å². The molecule has 0 fully saturated rings. The zero-order valence-electron chi connectivity index (χ0n) is 12.6. The Balaban J connectivity index is 1.70. The number of nitrogens with zero attached hydrogens (tertiary/aromatic N) is 3. The number of rotatable bonds is 6.